The third-order valence-corrected chi connectivity index (χ3v) is 7.01. The number of hydrogen-bond acceptors (Lipinski definition) is 6. The lowest BCUT2D eigenvalue weighted by Gasteiger charge is -2.18. The summed E-state index contributed by atoms with van der Waals surface area (Å²) in [6, 6.07) is 10.4. The number of aromatic amines is 1. The number of rotatable bonds is 5. The van der Waals surface area contributed by atoms with Gasteiger partial charge in [-0.3, -0.25) is 15.2 Å². The van der Waals surface area contributed by atoms with Gasteiger partial charge in [0.05, 0.1) is 29.0 Å². The van der Waals surface area contributed by atoms with E-state index in [2.05, 4.69) is 57.6 Å². The summed E-state index contributed by atoms with van der Waals surface area (Å²) in [6.07, 6.45) is 2.35. The molecule has 1 amide bonds. The molecule has 2 aromatic heterocycles. The molecule has 0 radical (unpaired) electrons. The maximum absolute atomic E-state index is 11.4. The van der Waals surface area contributed by atoms with Crippen LogP contribution < -0.4 is 10.7 Å². The van der Waals surface area contributed by atoms with Crippen LogP contribution in [0.15, 0.2) is 46.5 Å². The van der Waals surface area contributed by atoms with Crippen LogP contribution in [0, 0.1) is 0 Å². The quantitative estimate of drug-likeness (QED) is 0.531. The van der Waals surface area contributed by atoms with Gasteiger partial charge in [-0.15, -0.1) is 0 Å². The Morgan fingerprint density at radius 3 is 3.00 bits per heavy atom. The second kappa shape index (κ2) is 7.98. The van der Waals surface area contributed by atoms with E-state index < -0.39 is 0 Å². The fourth-order valence-electron chi connectivity index (χ4n) is 3.99. The summed E-state index contributed by atoms with van der Waals surface area (Å²) in [5.41, 5.74) is 8.14. The molecule has 1 aromatic carbocycles. The van der Waals surface area contributed by atoms with E-state index >= 15 is 0 Å². The summed E-state index contributed by atoms with van der Waals surface area (Å²) in [7, 11) is 1.94. The van der Waals surface area contributed by atoms with Gasteiger partial charge in [-0.25, -0.2) is 9.99 Å². The van der Waals surface area contributed by atoms with Gasteiger partial charge in [0.25, 0.3) is 0 Å². The second-order valence-electron chi connectivity index (χ2n) is 7.40. The summed E-state index contributed by atoms with van der Waals surface area (Å²) in [5, 5.41) is 8.67. The van der Waals surface area contributed by atoms with Crippen LogP contribution in [0.1, 0.15) is 12.1 Å². The van der Waals surface area contributed by atoms with Gasteiger partial charge in [-0.1, -0.05) is 23.9 Å². The molecule has 3 aromatic rings. The Hall–Kier alpha value is -2.49. The van der Waals surface area contributed by atoms with Gasteiger partial charge >= 0.3 is 0 Å². The normalized spacial score (nSPS) is 19.3. The molecule has 1 saturated heterocycles. The van der Waals surface area contributed by atoms with Crippen LogP contribution in [0.25, 0.3) is 22.0 Å². The standard InChI is InChI=1S/C21H22N6OS2/c1-22-19-14(15-3-2-7-23-20(15)29)5-4-12-9-16(25-18(12)19)21-24-10-13(30-21)11-27-8-6-17(28)26-27/h2-5,7,9,13,22,25H,6,8,10-11H2,1H3,(H,23,29)(H,26,28)/p+1. The maximum atomic E-state index is 11.4. The third-order valence-electron chi connectivity index (χ3n) is 5.41. The average molecular weight is 440 g/mol. The first-order valence-corrected chi connectivity index (χ1v) is 11.3. The summed E-state index contributed by atoms with van der Waals surface area (Å²) < 4.78 is 0. The molecule has 4 heterocycles. The monoisotopic (exact) mass is 439 g/mol. The highest BCUT2D eigenvalue weighted by atomic mass is 32.2. The number of nitrogens with zero attached hydrogens (tertiary/aromatic N) is 3. The molecular weight excluding hydrogens is 416 g/mol. The number of aromatic nitrogens is 2. The Kier molecular flexibility index (Phi) is 5.18. The predicted molar refractivity (Wildman–Crippen MR) is 127 cm³/mol. The lowest BCUT2D eigenvalue weighted by Crippen LogP contribution is -2.38. The third kappa shape index (κ3) is 3.57. The van der Waals surface area contributed by atoms with Crippen molar-refractivity contribution in [1.82, 2.24) is 20.4 Å². The molecule has 154 valence electrons. The summed E-state index contributed by atoms with van der Waals surface area (Å²) in [4.78, 5) is 24.1. The Labute approximate surface area is 184 Å². The second-order valence-corrected chi connectivity index (χ2v) is 9.16. The topological polar surface area (TPSA) is 85.4 Å². The molecular formula is C21H23N6OS2+. The van der Waals surface area contributed by atoms with Gasteiger partial charge in [0.15, 0.2) is 0 Å². The van der Waals surface area contributed by atoms with Crippen molar-refractivity contribution < 1.29 is 4.79 Å². The van der Waals surface area contributed by atoms with Gasteiger partial charge in [-0.05, 0) is 18.2 Å². The Morgan fingerprint density at radius 2 is 2.23 bits per heavy atom. The molecule has 1 atom stereocenters. The molecule has 0 saturated carbocycles. The molecule has 5 rings (SSSR count). The zero-order valence-electron chi connectivity index (χ0n) is 16.5. The van der Waals surface area contributed by atoms with Crippen LogP contribution in [0.5, 0.6) is 0 Å². The molecule has 1 fully saturated rings. The Morgan fingerprint density at radius 1 is 1.33 bits per heavy atom. The first kappa shape index (κ1) is 19.5. The van der Waals surface area contributed by atoms with Crippen molar-refractivity contribution in [3.8, 4) is 11.1 Å². The minimum atomic E-state index is 0.102. The van der Waals surface area contributed by atoms with E-state index in [4.69, 9.17) is 4.99 Å². The number of carbonyl (C=O) groups excluding carboxylic acids is 1. The number of pyridine rings is 1. The Balaban J connectivity index is 1.42. The molecule has 2 aliphatic heterocycles. The first-order valence-electron chi connectivity index (χ1n) is 9.89. The van der Waals surface area contributed by atoms with Gasteiger partial charge in [-0.2, -0.15) is 0 Å². The summed E-state index contributed by atoms with van der Waals surface area (Å²) >= 11 is 5.39. The van der Waals surface area contributed by atoms with Crippen molar-refractivity contribution in [2.24, 2.45) is 4.99 Å². The van der Waals surface area contributed by atoms with Crippen molar-refractivity contribution in [3.63, 3.8) is 0 Å². The number of H-pyrrole nitrogens is 1. The maximum Gasteiger partial charge on any atom is 0.250 e. The molecule has 2 aliphatic rings. The van der Waals surface area contributed by atoms with Gasteiger partial charge in [0, 0.05) is 61.6 Å². The fraction of sp³-hybridized carbons (Fsp3) is 0.286. The highest BCUT2D eigenvalue weighted by Gasteiger charge is 2.27. The number of amides is 1. The van der Waals surface area contributed by atoms with E-state index in [1.165, 1.54) is 0 Å². The van der Waals surface area contributed by atoms with E-state index in [1.807, 2.05) is 18.1 Å². The number of nitrogens with one attached hydrogen (secondary N) is 3. The number of aliphatic imine (C=N–C) groups is 1. The molecule has 0 bridgehead atoms. The van der Waals surface area contributed by atoms with E-state index in [9.17, 15) is 4.79 Å². The van der Waals surface area contributed by atoms with E-state index in [0.29, 0.717) is 11.7 Å². The minimum Gasteiger partial charge on any atom is -0.386 e. The number of carbonyl (C=O) groups is 1. The van der Waals surface area contributed by atoms with E-state index in [1.54, 1.807) is 18.0 Å². The van der Waals surface area contributed by atoms with E-state index in [0.717, 1.165) is 63.1 Å². The number of hydrogen-bond donors (Lipinski definition) is 3. The number of hydrazine groups is 1. The van der Waals surface area contributed by atoms with Crippen LogP contribution in [0.2, 0.25) is 0 Å². The Bertz CT molecular complexity index is 1160. The number of benzene rings is 1. The van der Waals surface area contributed by atoms with Crippen LogP contribution in [-0.2, 0) is 17.4 Å². The lowest BCUT2D eigenvalue weighted by molar-refractivity contribution is -0.121. The number of anilines is 1. The van der Waals surface area contributed by atoms with Crippen molar-refractivity contribution in [2.75, 3.05) is 32.0 Å². The van der Waals surface area contributed by atoms with Crippen LogP contribution in [-0.4, -0.2) is 57.9 Å². The van der Waals surface area contributed by atoms with Gasteiger partial charge in [0.1, 0.15) is 5.04 Å². The molecule has 9 heteroatoms. The van der Waals surface area contributed by atoms with Crippen molar-refractivity contribution >= 4 is 51.9 Å². The fourth-order valence-corrected chi connectivity index (χ4v) is 5.39. The van der Waals surface area contributed by atoms with E-state index in [-0.39, 0.29) is 5.91 Å². The average Bonchev–Trinajstić information content (AvgIpc) is 3.47. The zero-order chi connectivity index (χ0) is 20.7. The molecule has 3 N–H and O–H groups in total. The van der Waals surface area contributed by atoms with Crippen molar-refractivity contribution in [1.29, 1.82) is 0 Å². The summed E-state index contributed by atoms with van der Waals surface area (Å²) in [6.45, 7) is 2.34. The van der Waals surface area contributed by atoms with Gasteiger partial charge in [0.2, 0.25) is 10.9 Å². The molecule has 0 aliphatic carbocycles. The van der Waals surface area contributed by atoms with Crippen molar-refractivity contribution in [2.45, 2.75) is 16.7 Å². The SMILES string of the molecule is CNc1c(-c2cccnc2[SH2+])ccc2cc(C3=NCC(CN4CCC(=O)N4)S3)[nH]c12. The van der Waals surface area contributed by atoms with Gasteiger partial charge < -0.3 is 10.3 Å². The van der Waals surface area contributed by atoms with Crippen LogP contribution in [0.3, 0.4) is 0 Å². The highest BCUT2D eigenvalue weighted by Crippen LogP contribution is 2.37. The smallest absolute Gasteiger partial charge is 0.250 e. The molecule has 7 nitrogen and oxygen atoms in total. The largest absolute Gasteiger partial charge is 0.386 e. The van der Waals surface area contributed by atoms with Crippen LogP contribution >= 0.6 is 11.8 Å². The molecule has 30 heavy (non-hydrogen) atoms. The predicted octanol–water partition coefficient (Wildman–Crippen LogP) is 2.24. The number of thioether (sulfide) groups is 1. The zero-order valence-corrected chi connectivity index (χ0v) is 18.3. The van der Waals surface area contributed by atoms with Crippen LogP contribution in [0.4, 0.5) is 5.69 Å². The van der Waals surface area contributed by atoms with Crippen molar-refractivity contribution in [3.05, 3.63) is 42.2 Å². The first-order chi connectivity index (χ1) is 14.6. The summed E-state index contributed by atoms with van der Waals surface area (Å²) in [5.74, 6) is 0.102. The lowest BCUT2D eigenvalue weighted by atomic mass is 10.0. The molecule has 1 unspecified atom stereocenters. The molecule has 0 spiro atoms. The highest BCUT2D eigenvalue weighted by molar-refractivity contribution is 8.15. The minimum absolute atomic E-state index is 0.102. The number of fused-ring (bicyclic) bond motifs is 1.